The molecule has 2 amide bonds. The Morgan fingerprint density at radius 3 is 2.32 bits per heavy atom. The van der Waals surface area contributed by atoms with Crippen LogP contribution in [0, 0.1) is 5.41 Å². The van der Waals surface area contributed by atoms with Crippen LogP contribution in [-0.4, -0.2) is 68.7 Å². The Balaban J connectivity index is 1.37. The summed E-state index contributed by atoms with van der Waals surface area (Å²) in [6.45, 7) is 1.84. The highest BCUT2D eigenvalue weighted by molar-refractivity contribution is 5.85. The summed E-state index contributed by atoms with van der Waals surface area (Å²) in [5.74, 6) is -1.68. The maximum Gasteiger partial charge on any atom is 0.407 e. The van der Waals surface area contributed by atoms with E-state index in [1.807, 2.05) is 36.4 Å². The van der Waals surface area contributed by atoms with Crippen LogP contribution >= 0.6 is 0 Å². The van der Waals surface area contributed by atoms with Gasteiger partial charge in [0.25, 0.3) is 0 Å². The van der Waals surface area contributed by atoms with Gasteiger partial charge in [-0.15, -0.1) is 0 Å². The number of ether oxygens (including phenoxy) is 3. The fourth-order valence-electron chi connectivity index (χ4n) is 4.54. The molecule has 0 saturated carbocycles. The molecular formula is C25H28N2O7. The molecule has 3 unspecified atom stereocenters. The van der Waals surface area contributed by atoms with Crippen LogP contribution in [0.4, 0.5) is 4.79 Å². The van der Waals surface area contributed by atoms with Gasteiger partial charge in [-0.05, 0) is 29.2 Å². The summed E-state index contributed by atoms with van der Waals surface area (Å²) in [6, 6.07) is 15.5. The van der Waals surface area contributed by atoms with Crippen molar-refractivity contribution in [3.8, 4) is 11.1 Å². The minimum absolute atomic E-state index is 0.0744. The van der Waals surface area contributed by atoms with E-state index in [1.165, 1.54) is 7.11 Å². The first-order valence-electron chi connectivity index (χ1n) is 11.1. The zero-order chi connectivity index (χ0) is 24.3. The van der Waals surface area contributed by atoms with Crippen molar-refractivity contribution >= 4 is 18.0 Å². The Morgan fingerprint density at radius 1 is 1.12 bits per heavy atom. The fraction of sp³-hybridized carbons (Fsp3) is 0.400. The van der Waals surface area contributed by atoms with Gasteiger partial charge < -0.3 is 30.0 Å². The molecule has 2 aliphatic rings. The van der Waals surface area contributed by atoms with E-state index < -0.39 is 35.5 Å². The van der Waals surface area contributed by atoms with Gasteiger partial charge in [-0.1, -0.05) is 48.5 Å². The van der Waals surface area contributed by atoms with Gasteiger partial charge in [-0.2, -0.15) is 0 Å². The number of hydrogen-bond acceptors (Lipinski definition) is 6. The molecule has 0 aromatic heterocycles. The van der Waals surface area contributed by atoms with Crippen molar-refractivity contribution in [3.05, 3.63) is 59.7 Å². The van der Waals surface area contributed by atoms with E-state index in [4.69, 9.17) is 19.3 Å². The second kappa shape index (κ2) is 9.82. The zero-order valence-electron chi connectivity index (χ0n) is 19.1. The van der Waals surface area contributed by atoms with Crippen molar-refractivity contribution in [2.45, 2.75) is 25.0 Å². The Labute approximate surface area is 197 Å². The van der Waals surface area contributed by atoms with E-state index in [9.17, 15) is 14.4 Å². The molecule has 2 aromatic rings. The lowest BCUT2D eigenvalue weighted by Crippen LogP contribution is -2.54. The molecule has 4 rings (SSSR count). The Kier molecular flexibility index (Phi) is 6.85. The highest BCUT2D eigenvalue weighted by Gasteiger charge is 2.47. The highest BCUT2D eigenvalue weighted by atomic mass is 16.6. The standard InChI is InChI=1S/C25H28N2O7/c1-25(23(30)26-11-20(32-2)22(28)29)14-33-13-21(25)27-24(31)34-12-19-17-9-5-3-7-15(17)16-8-4-6-10-18(16)19/h3-10,19-21H,11-14H2,1-2H3,(H,26,30)(H,27,31)(H,28,29). The Hall–Kier alpha value is -3.43. The molecule has 180 valence electrons. The summed E-state index contributed by atoms with van der Waals surface area (Å²) in [5, 5.41) is 14.4. The van der Waals surface area contributed by atoms with Crippen molar-refractivity contribution in [2.75, 3.05) is 33.5 Å². The molecular weight excluding hydrogens is 440 g/mol. The molecule has 1 aliphatic heterocycles. The van der Waals surface area contributed by atoms with E-state index in [2.05, 4.69) is 22.8 Å². The molecule has 1 aliphatic carbocycles. The van der Waals surface area contributed by atoms with Crippen LogP contribution in [0.25, 0.3) is 11.1 Å². The summed E-state index contributed by atoms with van der Waals surface area (Å²) >= 11 is 0. The average molecular weight is 469 g/mol. The van der Waals surface area contributed by atoms with Crippen molar-refractivity contribution in [1.29, 1.82) is 0 Å². The maximum atomic E-state index is 12.8. The van der Waals surface area contributed by atoms with E-state index in [1.54, 1.807) is 6.92 Å². The fourth-order valence-corrected chi connectivity index (χ4v) is 4.54. The van der Waals surface area contributed by atoms with Crippen LogP contribution < -0.4 is 10.6 Å². The number of aliphatic carboxylic acids is 1. The monoisotopic (exact) mass is 468 g/mol. The number of rotatable bonds is 8. The Bertz CT molecular complexity index is 1040. The van der Waals surface area contributed by atoms with E-state index >= 15 is 0 Å². The second-order valence-corrected chi connectivity index (χ2v) is 8.73. The quantitative estimate of drug-likeness (QED) is 0.542. The lowest BCUT2D eigenvalue weighted by Gasteiger charge is -2.29. The predicted octanol–water partition coefficient (Wildman–Crippen LogP) is 2.15. The third kappa shape index (κ3) is 4.49. The van der Waals surface area contributed by atoms with Gasteiger partial charge in [0.15, 0.2) is 6.10 Å². The van der Waals surface area contributed by atoms with Crippen LogP contribution in [0.1, 0.15) is 24.0 Å². The van der Waals surface area contributed by atoms with Crippen LogP contribution in [-0.2, 0) is 23.8 Å². The minimum Gasteiger partial charge on any atom is -0.479 e. The number of nitrogens with one attached hydrogen (secondary N) is 2. The summed E-state index contributed by atoms with van der Waals surface area (Å²) < 4.78 is 15.9. The van der Waals surface area contributed by atoms with Gasteiger partial charge in [0.1, 0.15) is 6.61 Å². The normalized spacial score (nSPS) is 21.9. The summed E-state index contributed by atoms with van der Waals surface area (Å²) in [4.78, 5) is 36.6. The lowest BCUT2D eigenvalue weighted by atomic mass is 9.84. The molecule has 9 heteroatoms. The number of carboxylic acids is 1. The number of carboxylic acid groups (broad SMARTS) is 1. The van der Waals surface area contributed by atoms with E-state index in [0.717, 1.165) is 22.3 Å². The SMILES string of the molecule is COC(CNC(=O)C1(C)COCC1NC(=O)OCC1c2ccccc2-c2ccccc21)C(=O)O. The molecule has 3 atom stereocenters. The third-order valence-corrected chi connectivity index (χ3v) is 6.62. The highest BCUT2D eigenvalue weighted by Crippen LogP contribution is 2.44. The average Bonchev–Trinajstić information content (AvgIpc) is 3.36. The molecule has 1 fully saturated rings. The maximum absolute atomic E-state index is 12.8. The molecule has 0 spiro atoms. The third-order valence-electron chi connectivity index (χ3n) is 6.62. The number of benzene rings is 2. The van der Waals surface area contributed by atoms with Crippen LogP contribution in [0.2, 0.25) is 0 Å². The van der Waals surface area contributed by atoms with Crippen molar-refractivity contribution in [3.63, 3.8) is 0 Å². The van der Waals surface area contributed by atoms with Crippen molar-refractivity contribution in [2.24, 2.45) is 5.41 Å². The number of amides is 2. The molecule has 1 saturated heterocycles. The molecule has 1 heterocycles. The number of fused-ring (bicyclic) bond motifs is 3. The number of alkyl carbamates (subject to hydrolysis) is 1. The molecule has 2 aromatic carbocycles. The molecule has 0 radical (unpaired) electrons. The first-order valence-corrected chi connectivity index (χ1v) is 11.1. The smallest absolute Gasteiger partial charge is 0.407 e. The number of carbonyl (C=O) groups is 3. The number of methoxy groups -OCH3 is 1. The van der Waals surface area contributed by atoms with Gasteiger partial charge in [-0.25, -0.2) is 9.59 Å². The van der Waals surface area contributed by atoms with Gasteiger partial charge in [0.2, 0.25) is 5.91 Å². The van der Waals surface area contributed by atoms with Crippen LogP contribution in [0.15, 0.2) is 48.5 Å². The Morgan fingerprint density at radius 2 is 1.74 bits per heavy atom. The second-order valence-electron chi connectivity index (χ2n) is 8.73. The number of carbonyl (C=O) groups excluding carboxylic acids is 2. The van der Waals surface area contributed by atoms with E-state index in [-0.39, 0.29) is 32.3 Å². The minimum atomic E-state index is -1.18. The van der Waals surface area contributed by atoms with Crippen LogP contribution in [0.5, 0.6) is 0 Å². The largest absolute Gasteiger partial charge is 0.479 e. The van der Waals surface area contributed by atoms with Gasteiger partial charge in [0.05, 0.1) is 31.2 Å². The lowest BCUT2D eigenvalue weighted by molar-refractivity contribution is -0.148. The molecule has 9 nitrogen and oxygen atoms in total. The van der Waals surface area contributed by atoms with Gasteiger partial charge in [-0.3, -0.25) is 4.79 Å². The first kappa shape index (κ1) is 23.7. The van der Waals surface area contributed by atoms with Crippen molar-refractivity contribution in [1.82, 2.24) is 10.6 Å². The molecule has 34 heavy (non-hydrogen) atoms. The van der Waals surface area contributed by atoms with Crippen LogP contribution in [0.3, 0.4) is 0 Å². The van der Waals surface area contributed by atoms with E-state index in [0.29, 0.717) is 0 Å². The summed E-state index contributed by atoms with van der Waals surface area (Å²) in [7, 11) is 1.26. The summed E-state index contributed by atoms with van der Waals surface area (Å²) in [6.07, 6.45) is -1.81. The van der Waals surface area contributed by atoms with Gasteiger partial charge in [0, 0.05) is 13.0 Å². The topological polar surface area (TPSA) is 123 Å². The number of hydrogen-bond donors (Lipinski definition) is 3. The molecule has 3 N–H and O–H groups in total. The predicted molar refractivity (Wildman–Crippen MR) is 122 cm³/mol. The first-order chi connectivity index (χ1) is 16.3. The zero-order valence-corrected chi connectivity index (χ0v) is 19.1. The van der Waals surface area contributed by atoms with Gasteiger partial charge >= 0.3 is 12.1 Å². The van der Waals surface area contributed by atoms with Crippen molar-refractivity contribution < 1.29 is 33.7 Å². The molecule has 0 bridgehead atoms. The summed E-state index contributed by atoms with van der Waals surface area (Å²) in [5.41, 5.74) is 3.40.